The molecule has 1 saturated carbocycles. The summed E-state index contributed by atoms with van der Waals surface area (Å²) in [5.74, 6) is 0.581. The molecule has 1 atom stereocenters. The number of likely N-dealkylation sites (N-methyl/N-ethyl adjacent to an activating group) is 1. The molecule has 2 aliphatic rings. The Hall–Kier alpha value is -1.75. The molecule has 1 aromatic rings. The average Bonchev–Trinajstić information content (AvgIpc) is 2.84. The molecule has 2 fully saturated rings. The monoisotopic (exact) mass is 305 g/mol. The van der Waals surface area contributed by atoms with E-state index < -0.39 is 11.4 Å². The van der Waals surface area contributed by atoms with Gasteiger partial charge in [0.15, 0.2) is 11.5 Å². The lowest BCUT2D eigenvalue weighted by molar-refractivity contribution is -0.147. The van der Waals surface area contributed by atoms with Gasteiger partial charge in [0.05, 0.1) is 12.5 Å². The first-order valence-corrected chi connectivity index (χ1v) is 7.82. The molecular weight excluding hydrogens is 282 g/mol. The van der Waals surface area contributed by atoms with E-state index in [1.807, 2.05) is 18.2 Å². The fourth-order valence-corrected chi connectivity index (χ4v) is 3.39. The highest BCUT2D eigenvalue weighted by Gasteiger charge is 2.46. The molecule has 0 aromatic heterocycles. The number of nitrogens with zero attached hydrogens (tertiary/aromatic N) is 1. The van der Waals surface area contributed by atoms with Gasteiger partial charge in [0.1, 0.15) is 6.10 Å². The van der Waals surface area contributed by atoms with E-state index in [-0.39, 0.29) is 6.10 Å². The van der Waals surface area contributed by atoms with Crippen LogP contribution in [-0.2, 0) is 10.2 Å². The van der Waals surface area contributed by atoms with E-state index in [0.717, 1.165) is 31.5 Å². The third-order valence-corrected chi connectivity index (χ3v) is 4.97. The van der Waals surface area contributed by atoms with Crippen LogP contribution in [0.2, 0.25) is 0 Å². The first kappa shape index (κ1) is 15.2. The molecule has 0 radical (unpaired) electrons. The van der Waals surface area contributed by atoms with Crippen LogP contribution in [0.25, 0.3) is 0 Å². The van der Waals surface area contributed by atoms with Crippen molar-refractivity contribution in [3.05, 3.63) is 23.8 Å². The topological polar surface area (TPSA) is 59.0 Å². The van der Waals surface area contributed by atoms with Crippen LogP contribution in [0.4, 0.5) is 0 Å². The second-order valence-corrected chi connectivity index (χ2v) is 6.40. The second-order valence-electron chi connectivity index (χ2n) is 6.40. The summed E-state index contributed by atoms with van der Waals surface area (Å²) >= 11 is 0. The summed E-state index contributed by atoms with van der Waals surface area (Å²) in [6.45, 7) is 1.94. The number of benzene rings is 1. The summed E-state index contributed by atoms with van der Waals surface area (Å²) < 4.78 is 11.5. The third kappa shape index (κ3) is 2.54. The SMILES string of the molecule is COc1cc(C2(C(=O)O)CCC2)ccc1OC1CCN(C)C1. The molecule has 1 N–H and O–H groups in total. The summed E-state index contributed by atoms with van der Waals surface area (Å²) in [4.78, 5) is 13.9. The Morgan fingerprint density at radius 2 is 2.14 bits per heavy atom. The van der Waals surface area contributed by atoms with E-state index in [1.54, 1.807) is 7.11 Å². The Morgan fingerprint density at radius 1 is 1.36 bits per heavy atom. The molecule has 0 spiro atoms. The first-order chi connectivity index (χ1) is 10.5. The Bertz CT molecular complexity index is 568. The first-order valence-electron chi connectivity index (χ1n) is 7.82. The Labute approximate surface area is 130 Å². The molecule has 120 valence electrons. The number of ether oxygens (including phenoxy) is 2. The zero-order valence-electron chi connectivity index (χ0n) is 13.2. The number of hydrogen-bond acceptors (Lipinski definition) is 4. The highest BCUT2D eigenvalue weighted by molar-refractivity contribution is 5.83. The van der Waals surface area contributed by atoms with Crippen molar-refractivity contribution in [1.29, 1.82) is 0 Å². The Morgan fingerprint density at radius 3 is 2.64 bits per heavy atom. The molecule has 3 rings (SSSR count). The van der Waals surface area contributed by atoms with Gasteiger partial charge in [0.25, 0.3) is 0 Å². The van der Waals surface area contributed by atoms with Gasteiger partial charge in [0.2, 0.25) is 0 Å². The summed E-state index contributed by atoms with van der Waals surface area (Å²) in [7, 11) is 3.68. The molecule has 1 heterocycles. The highest BCUT2D eigenvalue weighted by Crippen LogP contribution is 2.46. The average molecular weight is 305 g/mol. The summed E-state index contributed by atoms with van der Waals surface area (Å²) in [5, 5.41) is 9.55. The minimum atomic E-state index is -0.744. The Kier molecular flexibility index (Phi) is 4.00. The molecule has 1 aliphatic carbocycles. The van der Waals surface area contributed by atoms with Crippen LogP contribution < -0.4 is 9.47 Å². The van der Waals surface area contributed by atoms with Crippen molar-refractivity contribution in [3.63, 3.8) is 0 Å². The van der Waals surface area contributed by atoms with Crippen molar-refractivity contribution >= 4 is 5.97 Å². The van der Waals surface area contributed by atoms with Gasteiger partial charge in [-0.3, -0.25) is 4.79 Å². The maximum atomic E-state index is 11.6. The number of aliphatic carboxylic acids is 1. The molecular formula is C17H23NO4. The fourth-order valence-electron chi connectivity index (χ4n) is 3.39. The number of carboxylic acid groups (broad SMARTS) is 1. The van der Waals surface area contributed by atoms with Gasteiger partial charge in [-0.2, -0.15) is 0 Å². The molecule has 0 amide bonds. The fraction of sp³-hybridized carbons (Fsp3) is 0.588. The van der Waals surface area contributed by atoms with E-state index in [0.29, 0.717) is 24.3 Å². The predicted octanol–water partition coefficient (Wildman–Crippen LogP) is 2.28. The van der Waals surface area contributed by atoms with Gasteiger partial charge in [-0.05, 0) is 44.0 Å². The van der Waals surface area contributed by atoms with E-state index in [9.17, 15) is 9.90 Å². The van der Waals surface area contributed by atoms with Crippen LogP contribution in [-0.4, -0.2) is 49.3 Å². The minimum Gasteiger partial charge on any atom is -0.493 e. The maximum absolute atomic E-state index is 11.6. The van der Waals surface area contributed by atoms with Crippen molar-refractivity contribution in [1.82, 2.24) is 4.90 Å². The maximum Gasteiger partial charge on any atom is 0.314 e. The normalized spacial score (nSPS) is 23.8. The third-order valence-electron chi connectivity index (χ3n) is 4.97. The van der Waals surface area contributed by atoms with Crippen LogP contribution in [0.15, 0.2) is 18.2 Å². The van der Waals surface area contributed by atoms with Crippen molar-refractivity contribution in [2.24, 2.45) is 0 Å². The summed E-state index contributed by atoms with van der Waals surface area (Å²) in [6, 6.07) is 5.57. The van der Waals surface area contributed by atoms with Gasteiger partial charge < -0.3 is 19.5 Å². The smallest absolute Gasteiger partial charge is 0.314 e. The zero-order chi connectivity index (χ0) is 15.7. The number of hydrogen-bond donors (Lipinski definition) is 1. The molecule has 0 bridgehead atoms. The van der Waals surface area contributed by atoms with Crippen molar-refractivity contribution in [3.8, 4) is 11.5 Å². The minimum absolute atomic E-state index is 0.168. The van der Waals surface area contributed by atoms with Crippen molar-refractivity contribution in [2.45, 2.75) is 37.2 Å². The van der Waals surface area contributed by atoms with Crippen LogP contribution >= 0.6 is 0 Å². The number of carbonyl (C=O) groups is 1. The lowest BCUT2D eigenvalue weighted by Gasteiger charge is -2.38. The number of carboxylic acids is 1. The molecule has 5 heteroatoms. The van der Waals surface area contributed by atoms with Gasteiger partial charge in [-0.1, -0.05) is 12.5 Å². The van der Waals surface area contributed by atoms with Crippen LogP contribution in [0.1, 0.15) is 31.2 Å². The van der Waals surface area contributed by atoms with Gasteiger partial charge in [0, 0.05) is 13.1 Å². The van der Waals surface area contributed by atoms with Crippen molar-refractivity contribution < 1.29 is 19.4 Å². The van der Waals surface area contributed by atoms with Crippen LogP contribution in [0.5, 0.6) is 11.5 Å². The molecule has 1 aliphatic heterocycles. The number of rotatable bonds is 5. The largest absolute Gasteiger partial charge is 0.493 e. The van der Waals surface area contributed by atoms with Crippen LogP contribution in [0, 0.1) is 0 Å². The summed E-state index contributed by atoms with van der Waals surface area (Å²) in [5.41, 5.74) is 0.0818. The van der Waals surface area contributed by atoms with E-state index in [4.69, 9.17) is 9.47 Å². The molecule has 22 heavy (non-hydrogen) atoms. The highest BCUT2D eigenvalue weighted by atomic mass is 16.5. The van der Waals surface area contributed by atoms with Gasteiger partial charge >= 0.3 is 5.97 Å². The quantitative estimate of drug-likeness (QED) is 0.904. The predicted molar refractivity (Wildman–Crippen MR) is 82.7 cm³/mol. The van der Waals surface area contributed by atoms with E-state index in [2.05, 4.69) is 11.9 Å². The molecule has 1 unspecified atom stereocenters. The van der Waals surface area contributed by atoms with Gasteiger partial charge in [-0.15, -0.1) is 0 Å². The number of methoxy groups -OCH3 is 1. The zero-order valence-corrected chi connectivity index (χ0v) is 13.2. The standard InChI is InChI=1S/C17H23NO4/c1-18-9-6-13(11-18)22-14-5-4-12(10-15(14)21-2)17(16(19)20)7-3-8-17/h4-5,10,13H,3,6-9,11H2,1-2H3,(H,19,20). The number of likely N-dealkylation sites (tertiary alicyclic amines) is 1. The van der Waals surface area contributed by atoms with E-state index in [1.165, 1.54) is 0 Å². The Balaban J connectivity index is 1.83. The summed E-state index contributed by atoms with van der Waals surface area (Å²) in [6.07, 6.45) is 3.52. The van der Waals surface area contributed by atoms with Crippen LogP contribution in [0.3, 0.4) is 0 Å². The molecule has 1 aromatic carbocycles. The lowest BCUT2D eigenvalue weighted by Crippen LogP contribution is -2.42. The van der Waals surface area contributed by atoms with E-state index >= 15 is 0 Å². The second kappa shape index (κ2) is 5.80. The molecule has 1 saturated heterocycles. The van der Waals surface area contributed by atoms with Crippen molar-refractivity contribution in [2.75, 3.05) is 27.2 Å². The lowest BCUT2D eigenvalue weighted by atomic mass is 9.64. The molecule has 5 nitrogen and oxygen atoms in total. The van der Waals surface area contributed by atoms with Gasteiger partial charge in [-0.25, -0.2) is 0 Å².